The van der Waals surface area contributed by atoms with Gasteiger partial charge in [0.2, 0.25) is 0 Å². The highest BCUT2D eigenvalue weighted by Crippen LogP contribution is 2.37. The number of amides is 1. The summed E-state index contributed by atoms with van der Waals surface area (Å²) in [7, 11) is 3.23. The summed E-state index contributed by atoms with van der Waals surface area (Å²) in [5.41, 5.74) is 1.06. The average molecular weight is 321 g/mol. The minimum atomic E-state index is -0.482. The molecule has 0 aromatic heterocycles. The van der Waals surface area contributed by atoms with E-state index < -0.39 is 6.10 Å². The molecule has 23 heavy (non-hydrogen) atoms. The molecule has 1 aromatic rings. The molecule has 2 atom stereocenters. The lowest BCUT2D eigenvalue weighted by atomic mass is 10.0. The van der Waals surface area contributed by atoms with Gasteiger partial charge >= 0.3 is 0 Å². The largest absolute Gasteiger partial charge is 0.493 e. The number of hydrogen-bond donors (Lipinski definition) is 0. The molecule has 6 nitrogen and oxygen atoms in total. The van der Waals surface area contributed by atoms with Crippen LogP contribution in [0.3, 0.4) is 0 Å². The number of nitrogens with zero attached hydrogens (tertiary/aromatic N) is 1. The molecule has 0 aliphatic carbocycles. The fourth-order valence-corrected chi connectivity index (χ4v) is 3.25. The lowest BCUT2D eigenvalue weighted by Gasteiger charge is -2.31. The maximum atomic E-state index is 12.7. The van der Waals surface area contributed by atoms with Crippen LogP contribution in [0.25, 0.3) is 0 Å². The van der Waals surface area contributed by atoms with Crippen molar-refractivity contribution in [3.63, 3.8) is 0 Å². The minimum Gasteiger partial charge on any atom is -0.493 e. The maximum absolute atomic E-state index is 12.7. The molecule has 6 heteroatoms. The van der Waals surface area contributed by atoms with Crippen molar-refractivity contribution < 1.29 is 23.7 Å². The average Bonchev–Trinajstić information content (AvgIpc) is 3.10. The molecule has 2 saturated heterocycles. The smallest absolute Gasteiger partial charge is 0.254 e. The summed E-state index contributed by atoms with van der Waals surface area (Å²) in [5, 5.41) is 0. The number of hydrogen-bond acceptors (Lipinski definition) is 5. The number of benzene rings is 1. The van der Waals surface area contributed by atoms with E-state index in [4.69, 9.17) is 18.9 Å². The molecule has 0 bridgehead atoms. The van der Waals surface area contributed by atoms with Crippen molar-refractivity contribution in [3.8, 4) is 11.5 Å². The summed E-state index contributed by atoms with van der Waals surface area (Å²) in [6.07, 6.45) is 1.44. The van der Waals surface area contributed by atoms with Gasteiger partial charge in [-0.05, 0) is 30.5 Å². The van der Waals surface area contributed by atoms with E-state index in [0.717, 1.165) is 24.9 Å². The zero-order chi connectivity index (χ0) is 16.2. The molecule has 2 unspecified atom stereocenters. The predicted molar refractivity (Wildman–Crippen MR) is 83.8 cm³/mol. The lowest BCUT2D eigenvalue weighted by molar-refractivity contribution is -0.158. The second-order valence-corrected chi connectivity index (χ2v) is 5.74. The normalized spacial score (nSPS) is 24.5. The summed E-state index contributed by atoms with van der Waals surface area (Å²) in [6.45, 7) is 2.12. The lowest BCUT2D eigenvalue weighted by Crippen LogP contribution is -2.45. The van der Waals surface area contributed by atoms with Crippen molar-refractivity contribution in [2.75, 3.05) is 40.6 Å². The van der Waals surface area contributed by atoms with Crippen molar-refractivity contribution in [3.05, 3.63) is 23.8 Å². The molecular formula is C17H23NO5. The fourth-order valence-electron chi connectivity index (χ4n) is 3.25. The van der Waals surface area contributed by atoms with Crippen LogP contribution in [-0.4, -0.2) is 57.5 Å². The van der Waals surface area contributed by atoms with Crippen LogP contribution >= 0.6 is 0 Å². The first-order valence-electron chi connectivity index (χ1n) is 7.96. The predicted octanol–water partition coefficient (Wildman–Crippen LogP) is 1.78. The van der Waals surface area contributed by atoms with Gasteiger partial charge in [0.05, 0.1) is 40.1 Å². The van der Waals surface area contributed by atoms with Crippen LogP contribution in [0, 0.1) is 0 Å². The van der Waals surface area contributed by atoms with Crippen LogP contribution < -0.4 is 9.47 Å². The van der Waals surface area contributed by atoms with Gasteiger partial charge in [-0.1, -0.05) is 6.07 Å². The summed E-state index contributed by atoms with van der Waals surface area (Å²) in [4.78, 5) is 14.6. The summed E-state index contributed by atoms with van der Waals surface area (Å²) >= 11 is 0. The van der Waals surface area contributed by atoms with E-state index in [9.17, 15) is 4.79 Å². The molecule has 126 valence electrons. The number of ether oxygens (including phenoxy) is 4. The Bertz CT molecular complexity index is 556. The first-order valence-corrected chi connectivity index (χ1v) is 7.96. The Labute approximate surface area is 136 Å². The molecule has 0 saturated carbocycles. The molecule has 3 rings (SSSR count). The zero-order valence-electron chi connectivity index (χ0n) is 13.6. The van der Waals surface area contributed by atoms with Gasteiger partial charge in [-0.25, -0.2) is 0 Å². The highest BCUT2D eigenvalue weighted by Gasteiger charge is 2.35. The first-order chi connectivity index (χ1) is 11.2. The van der Waals surface area contributed by atoms with Gasteiger partial charge in [0.15, 0.2) is 17.6 Å². The van der Waals surface area contributed by atoms with Crippen molar-refractivity contribution in [2.24, 2.45) is 0 Å². The van der Waals surface area contributed by atoms with Crippen molar-refractivity contribution in [1.82, 2.24) is 4.90 Å². The second-order valence-electron chi connectivity index (χ2n) is 5.74. The van der Waals surface area contributed by atoms with E-state index in [0.29, 0.717) is 31.3 Å². The van der Waals surface area contributed by atoms with Gasteiger partial charge in [-0.2, -0.15) is 0 Å². The Hall–Kier alpha value is -1.79. The van der Waals surface area contributed by atoms with Crippen molar-refractivity contribution in [1.29, 1.82) is 0 Å². The van der Waals surface area contributed by atoms with Crippen LogP contribution in [0.1, 0.15) is 24.4 Å². The van der Waals surface area contributed by atoms with Crippen molar-refractivity contribution in [2.45, 2.75) is 25.0 Å². The number of methoxy groups -OCH3 is 2. The first kappa shape index (κ1) is 16.1. The SMILES string of the molecule is COc1ccc(C2CCCN2C(=O)C2COCCO2)cc1OC. The molecule has 0 spiro atoms. The number of likely N-dealkylation sites (tertiary alicyclic amines) is 1. The van der Waals surface area contributed by atoms with Gasteiger partial charge < -0.3 is 23.8 Å². The van der Waals surface area contributed by atoms with Gasteiger partial charge in [-0.15, -0.1) is 0 Å². The zero-order valence-corrected chi connectivity index (χ0v) is 13.6. The van der Waals surface area contributed by atoms with E-state index in [-0.39, 0.29) is 11.9 Å². The molecule has 2 aliphatic heterocycles. The standard InChI is InChI=1S/C17H23NO5/c1-20-14-6-5-12(10-15(14)21-2)13-4-3-7-18(13)17(19)16-11-22-8-9-23-16/h5-6,10,13,16H,3-4,7-9,11H2,1-2H3. The number of carbonyl (C=O) groups is 1. The molecule has 2 fully saturated rings. The van der Waals surface area contributed by atoms with E-state index in [1.54, 1.807) is 14.2 Å². The molecule has 2 heterocycles. The Balaban J connectivity index is 1.79. The second kappa shape index (κ2) is 7.19. The van der Waals surface area contributed by atoms with Gasteiger partial charge in [0, 0.05) is 6.54 Å². The minimum absolute atomic E-state index is 0.0157. The van der Waals surface area contributed by atoms with Gasteiger partial charge in [0.25, 0.3) is 5.91 Å². The van der Waals surface area contributed by atoms with Crippen LogP contribution in [0.15, 0.2) is 18.2 Å². The Kier molecular flexibility index (Phi) is 5.03. The summed E-state index contributed by atoms with van der Waals surface area (Å²) in [6, 6.07) is 5.88. The fraction of sp³-hybridized carbons (Fsp3) is 0.588. The van der Waals surface area contributed by atoms with Crippen LogP contribution in [0.5, 0.6) is 11.5 Å². The van der Waals surface area contributed by atoms with Crippen LogP contribution in [0.4, 0.5) is 0 Å². The molecule has 0 N–H and O–H groups in total. The molecular weight excluding hydrogens is 298 g/mol. The van der Waals surface area contributed by atoms with E-state index in [2.05, 4.69) is 0 Å². The molecule has 1 aromatic carbocycles. The third kappa shape index (κ3) is 3.28. The monoisotopic (exact) mass is 321 g/mol. The molecule has 2 aliphatic rings. The third-order valence-electron chi connectivity index (χ3n) is 4.42. The molecule has 0 radical (unpaired) electrons. The third-order valence-corrected chi connectivity index (χ3v) is 4.42. The highest BCUT2D eigenvalue weighted by atomic mass is 16.6. The van der Waals surface area contributed by atoms with Gasteiger partial charge in [-0.3, -0.25) is 4.79 Å². The quantitative estimate of drug-likeness (QED) is 0.846. The van der Waals surface area contributed by atoms with E-state index in [1.807, 2.05) is 23.1 Å². The number of rotatable bonds is 4. The summed E-state index contributed by atoms with van der Waals surface area (Å²) < 4.78 is 21.6. The van der Waals surface area contributed by atoms with E-state index >= 15 is 0 Å². The van der Waals surface area contributed by atoms with E-state index in [1.165, 1.54) is 0 Å². The van der Waals surface area contributed by atoms with Crippen LogP contribution in [-0.2, 0) is 14.3 Å². The Morgan fingerprint density at radius 3 is 2.74 bits per heavy atom. The topological polar surface area (TPSA) is 57.2 Å². The highest BCUT2D eigenvalue weighted by molar-refractivity contribution is 5.82. The maximum Gasteiger partial charge on any atom is 0.254 e. The Morgan fingerprint density at radius 1 is 1.22 bits per heavy atom. The van der Waals surface area contributed by atoms with Crippen LogP contribution in [0.2, 0.25) is 0 Å². The number of carbonyl (C=O) groups excluding carboxylic acids is 1. The molecule has 1 amide bonds. The van der Waals surface area contributed by atoms with Crippen molar-refractivity contribution >= 4 is 5.91 Å². The summed E-state index contributed by atoms with van der Waals surface area (Å²) in [5.74, 6) is 1.39. The Morgan fingerprint density at radius 2 is 2.04 bits per heavy atom. The van der Waals surface area contributed by atoms with Gasteiger partial charge in [0.1, 0.15) is 0 Å².